The Hall–Kier alpha value is -2.49. The lowest BCUT2D eigenvalue weighted by atomic mass is 10.1. The van der Waals surface area contributed by atoms with E-state index in [4.69, 9.17) is 14.2 Å². The number of ether oxygens (including phenoxy) is 3. The summed E-state index contributed by atoms with van der Waals surface area (Å²) >= 11 is 0. The molecule has 0 heterocycles. The quantitative estimate of drug-likeness (QED) is 0.834. The molecule has 0 spiro atoms. The third-order valence-corrected chi connectivity index (χ3v) is 3.00. The Morgan fingerprint density at radius 3 is 2.43 bits per heavy atom. The highest BCUT2D eigenvalue weighted by Gasteiger charge is 2.13. The summed E-state index contributed by atoms with van der Waals surface area (Å²) in [5, 5.41) is 0. The molecule has 1 aromatic carbocycles. The molecule has 1 aliphatic rings. The molecule has 0 aromatic heterocycles. The molecule has 4 nitrogen and oxygen atoms in total. The Balaban J connectivity index is 2.13. The largest absolute Gasteiger partial charge is 0.493 e. The van der Waals surface area contributed by atoms with Gasteiger partial charge in [0.15, 0.2) is 17.3 Å². The van der Waals surface area contributed by atoms with Gasteiger partial charge in [-0.3, -0.25) is 4.79 Å². The van der Waals surface area contributed by atoms with Gasteiger partial charge in [-0.05, 0) is 42.9 Å². The third-order valence-electron chi connectivity index (χ3n) is 3.00. The minimum atomic E-state index is -0.177. The second kappa shape index (κ2) is 6.79. The summed E-state index contributed by atoms with van der Waals surface area (Å²) in [4.78, 5) is 11.5. The van der Waals surface area contributed by atoms with Gasteiger partial charge in [-0.15, -0.1) is 0 Å². The number of rotatable bonds is 5. The van der Waals surface area contributed by atoms with Gasteiger partial charge < -0.3 is 14.2 Å². The molecule has 2 rings (SSSR count). The van der Waals surface area contributed by atoms with Crippen molar-refractivity contribution in [3.8, 4) is 11.5 Å². The fraction of sp³-hybridized carbons (Fsp3) is 0.235. The molecule has 1 aliphatic carbocycles. The van der Waals surface area contributed by atoms with Crippen molar-refractivity contribution >= 4 is 5.78 Å². The number of hydrogen-bond donors (Lipinski definition) is 0. The van der Waals surface area contributed by atoms with Crippen LogP contribution in [0.4, 0.5) is 0 Å². The van der Waals surface area contributed by atoms with Crippen molar-refractivity contribution in [2.75, 3.05) is 14.2 Å². The van der Waals surface area contributed by atoms with Crippen molar-refractivity contribution in [3.05, 3.63) is 59.9 Å². The highest BCUT2D eigenvalue weighted by atomic mass is 16.5. The number of carbonyl (C=O) groups is 1. The summed E-state index contributed by atoms with van der Waals surface area (Å²) < 4.78 is 16.1. The molecule has 0 saturated heterocycles. The molecule has 21 heavy (non-hydrogen) atoms. The monoisotopic (exact) mass is 286 g/mol. The molecule has 0 fully saturated rings. The smallest absolute Gasteiger partial charge is 0.220 e. The summed E-state index contributed by atoms with van der Waals surface area (Å²) in [6.45, 7) is 1.92. The summed E-state index contributed by atoms with van der Waals surface area (Å²) in [6.07, 6.45) is 6.66. The maximum Gasteiger partial charge on any atom is 0.220 e. The van der Waals surface area contributed by atoms with E-state index in [0.717, 1.165) is 5.57 Å². The number of benzene rings is 1. The Kier molecular flexibility index (Phi) is 4.82. The second-order valence-electron chi connectivity index (χ2n) is 4.55. The van der Waals surface area contributed by atoms with Crippen LogP contribution in [0.5, 0.6) is 11.5 Å². The van der Waals surface area contributed by atoms with Gasteiger partial charge in [0, 0.05) is 0 Å². The number of allylic oxidation sites excluding steroid dienone is 4. The zero-order valence-corrected chi connectivity index (χ0v) is 12.3. The van der Waals surface area contributed by atoms with Crippen LogP contribution in [-0.4, -0.2) is 26.1 Å². The number of hydrogen-bond acceptors (Lipinski definition) is 4. The van der Waals surface area contributed by atoms with E-state index in [-0.39, 0.29) is 11.9 Å². The maximum absolute atomic E-state index is 11.5. The lowest BCUT2D eigenvalue weighted by Crippen LogP contribution is -2.11. The van der Waals surface area contributed by atoms with Crippen molar-refractivity contribution in [2.24, 2.45) is 0 Å². The van der Waals surface area contributed by atoms with Gasteiger partial charge in [0.05, 0.1) is 14.2 Å². The van der Waals surface area contributed by atoms with E-state index in [9.17, 15) is 4.79 Å². The van der Waals surface area contributed by atoms with Crippen LogP contribution in [0.15, 0.2) is 59.9 Å². The van der Waals surface area contributed by atoms with Crippen molar-refractivity contribution < 1.29 is 19.0 Å². The van der Waals surface area contributed by atoms with Gasteiger partial charge in [0.1, 0.15) is 6.10 Å². The molecule has 0 bridgehead atoms. The molecule has 0 N–H and O–H groups in total. The molecule has 0 aliphatic heterocycles. The first-order valence-corrected chi connectivity index (χ1v) is 6.63. The summed E-state index contributed by atoms with van der Waals surface area (Å²) in [5.41, 5.74) is 0.869. The van der Waals surface area contributed by atoms with Crippen molar-refractivity contribution in [1.29, 1.82) is 0 Å². The number of para-hydroxylation sites is 2. The van der Waals surface area contributed by atoms with E-state index in [1.807, 2.05) is 37.3 Å². The van der Waals surface area contributed by atoms with E-state index >= 15 is 0 Å². The summed E-state index contributed by atoms with van der Waals surface area (Å²) in [7, 11) is 3.09. The summed E-state index contributed by atoms with van der Waals surface area (Å²) in [6, 6.07) is 7.47. The zero-order chi connectivity index (χ0) is 15.2. The van der Waals surface area contributed by atoms with Crippen LogP contribution in [0.1, 0.15) is 6.92 Å². The van der Waals surface area contributed by atoms with Crippen LogP contribution in [0.3, 0.4) is 0 Å². The normalized spacial score (nSPS) is 17.4. The summed E-state index contributed by atoms with van der Waals surface area (Å²) in [5.74, 6) is 1.56. The topological polar surface area (TPSA) is 44.8 Å². The van der Waals surface area contributed by atoms with Gasteiger partial charge in [-0.2, -0.15) is 0 Å². The molecule has 110 valence electrons. The van der Waals surface area contributed by atoms with Crippen LogP contribution >= 0.6 is 0 Å². The van der Waals surface area contributed by atoms with E-state index in [1.165, 1.54) is 13.2 Å². The average Bonchev–Trinajstić information content (AvgIpc) is 2.49. The molecule has 1 unspecified atom stereocenters. The molecular formula is C17H18O4. The predicted octanol–water partition coefficient (Wildman–Crippen LogP) is 3.06. The van der Waals surface area contributed by atoms with Crippen LogP contribution in [0.25, 0.3) is 0 Å². The van der Waals surface area contributed by atoms with Gasteiger partial charge in [0.2, 0.25) is 5.78 Å². The molecule has 1 atom stereocenters. The minimum absolute atomic E-state index is 0.132. The van der Waals surface area contributed by atoms with Gasteiger partial charge in [-0.25, -0.2) is 0 Å². The van der Waals surface area contributed by atoms with Crippen LogP contribution < -0.4 is 9.47 Å². The molecule has 1 aromatic rings. The third kappa shape index (κ3) is 3.75. The predicted molar refractivity (Wildman–Crippen MR) is 80.4 cm³/mol. The second-order valence-corrected chi connectivity index (χ2v) is 4.55. The molecule has 0 amide bonds. The fourth-order valence-electron chi connectivity index (χ4n) is 2.01. The van der Waals surface area contributed by atoms with Crippen LogP contribution in [0.2, 0.25) is 0 Å². The Morgan fingerprint density at radius 1 is 1.05 bits per heavy atom. The molecule has 4 heteroatoms. The Morgan fingerprint density at radius 2 is 1.76 bits per heavy atom. The van der Waals surface area contributed by atoms with Gasteiger partial charge in [0.25, 0.3) is 0 Å². The minimum Gasteiger partial charge on any atom is -0.493 e. The van der Waals surface area contributed by atoms with Crippen molar-refractivity contribution in [2.45, 2.75) is 13.0 Å². The number of methoxy groups -OCH3 is 2. The highest BCUT2D eigenvalue weighted by Crippen LogP contribution is 2.27. The van der Waals surface area contributed by atoms with E-state index < -0.39 is 0 Å². The van der Waals surface area contributed by atoms with E-state index in [1.54, 1.807) is 19.3 Å². The number of ketones is 1. The maximum atomic E-state index is 11.5. The van der Waals surface area contributed by atoms with E-state index in [2.05, 4.69) is 0 Å². The standard InChI is InChI=1S/C17H18O4/c1-12(21-16-7-5-4-6-15(16)19-2)10-13-8-9-14(18)17(11-13)20-3/h4-12H,1-3H3/b13-10-. The molecule has 0 saturated carbocycles. The number of carbonyl (C=O) groups excluding carboxylic acids is 1. The Labute approximate surface area is 124 Å². The van der Waals surface area contributed by atoms with Crippen LogP contribution in [0, 0.1) is 0 Å². The SMILES string of the molecule is COC1=C/C(=C\C(C)Oc2ccccc2OC)C=CC1=O. The molecule has 0 radical (unpaired) electrons. The fourth-order valence-corrected chi connectivity index (χ4v) is 2.01. The Bertz CT molecular complexity index is 611. The first-order chi connectivity index (χ1) is 10.1. The first-order valence-electron chi connectivity index (χ1n) is 6.63. The lowest BCUT2D eigenvalue weighted by molar-refractivity contribution is -0.114. The first kappa shape index (κ1) is 14.9. The lowest BCUT2D eigenvalue weighted by Gasteiger charge is -2.15. The van der Waals surface area contributed by atoms with Crippen molar-refractivity contribution in [1.82, 2.24) is 0 Å². The zero-order valence-electron chi connectivity index (χ0n) is 12.3. The van der Waals surface area contributed by atoms with Crippen LogP contribution in [-0.2, 0) is 9.53 Å². The van der Waals surface area contributed by atoms with Gasteiger partial charge in [-0.1, -0.05) is 18.2 Å². The van der Waals surface area contributed by atoms with Gasteiger partial charge >= 0.3 is 0 Å². The average molecular weight is 286 g/mol. The van der Waals surface area contributed by atoms with Crippen molar-refractivity contribution in [3.63, 3.8) is 0 Å². The van der Waals surface area contributed by atoms with E-state index in [0.29, 0.717) is 17.3 Å². The highest BCUT2D eigenvalue weighted by molar-refractivity contribution is 6.04. The molecular weight excluding hydrogens is 268 g/mol.